The van der Waals surface area contributed by atoms with E-state index in [4.69, 9.17) is 4.74 Å². The summed E-state index contributed by atoms with van der Waals surface area (Å²) in [6, 6.07) is 9.08. The average molecular weight is 293 g/mol. The minimum Gasteiger partial charge on any atom is -0.496 e. The quantitative estimate of drug-likeness (QED) is 0.720. The summed E-state index contributed by atoms with van der Waals surface area (Å²) < 4.78 is 5.41. The van der Waals surface area contributed by atoms with Gasteiger partial charge in [0.25, 0.3) is 0 Å². The van der Waals surface area contributed by atoms with Crippen LogP contribution in [-0.4, -0.2) is 25.4 Å². The van der Waals surface area contributed by atoms with Crippen molar-refractivity contribution in [3.05, 3.63) is 24.3 Å². The zero-order chi connectivity index (χ0) is 14.2. The first-order valence-electron chi connectivity index (χ1n) is 7.84. The molecule has 1 fully saturated rings. The lowest BCUT2D eigenvalue weighted by molar-refractivity contribution is 0.393. The van der Waals surface area contributed by atoms with Gasteiger partial charge in [-0.05, 0) is 56.0 Å². The molecule has 1 aromatic carbocycles. The molecule has 2 atom stereocenters. The minimum atomic E-state index is 0.758. The van der Waals surface area contributed by atoms with Crippen LogP contribution in [-0.2, 0) is 0 Å². The topological polar surface area (TPSA) is 21.3 Å². The number of hydrogen-bond donors (Lipinski definition) is 1. The van der Waals surface area contributed by atoms with E-state index in [1.807, 2.05) is 23.9 Å². The highest BCUT2D eigenvalue weighted by atomic mass is 32.2. The van der Waals surface area contributed by atoms with Crippen molar-refractivity contribution in [3.8, 4) is 5.75 Å². The molecule has 2 nitrogen and oxygen atoms in total. The predicted octanol–water partition coefficient (Wildman–Crippen LogP) is 4.35. The Labute approximate surface area is 127 Å². The number of hydrogen-bond acceptors (Lipinski definition) is 3. The molecule has 0 radical (unpaired) electrons. The largest absolute Gasteiger partial charge is 0.496 e. The predicted molar refractivity (Wildman–Crippen MR) is 87.8 cm³/mol. The van der Waals surface area contributed by atoms with Crippen LogP contribution in [0.3, 0.4) is 0 Å². The third-order valence-corrected chi connectivity index (χ3v) is 5.22. The second-order valence-electron chi connectivity index (χ2n) is 5.54. The van der Waals surface area contributed by atoms with Gasteiger partial charge in [-0.2, -0.15) is 0 Å². The summed E-state index contributed by atoms with van der Waals surface area (Å²) in [6.07, 6.45) is 6.70. The average Bonchev–Trinajstić information content (AvgIpc) is 2.93. The molecule has 0 spiro atoms. The highest BCUT2D eigenvalue weighted by Gasteiger charge is 2.26. The van der Waals surface area contributed by atoms with Crippen molar-refractivity contribution in [2.45, 2.75) is 50.0 Å². The Hall–Kier alpha value is -0.670. The maximum Gasteiger partial charge on any atom is 0.132 e. The summed E-state index contributed by atoms with van der Waals surface area (Å²) in [5.74, 6) is 3.06. The fourth-order valence-electron chi connectivity index (χ4n) is 3.04. The van der Waals surface area contributed by atoms with Gasteiger partial charge in [0, 0.05) is 10.9 Å². The van der Waals surface area contributed by atoms with Crippen molar-refractivity contribution in [3.63, 3.8) is 0 Å². The van der Waals surface area contributed by atoms with E-state index in [0.29, 0.717) is 0 Å². The Morgan fingerprint density at radius 2 is 2.15 bits per heavy atom. The number of benzene rings is 1. The van der Waals surface area contributed by atoms with Crippen LogP contribution in [0.4, 0.5) is 0 Å². The van der Waals surface area contributed by atoms with E-state index in [2.05, 4.69) is 24.4 Å². The Morgan fingerprint density at radius 1 is 1.30 bits per heavy atom. The SMILES string of the molecule is CCCNC1CCCC1CCSc1ccccc1OC. The molecule has 1 N–H and O–H groups in total. The summed E-state index contributed by atoms with van der Waals surface area (Å²) in [6.45, 7) is 3.41. The van der Waals surface area contributed by atoms with Gasteiger partial charge in [0.2, 0.25) is 0 Å². The molecule has 2 unspecified atom stereocenters. The van der Waals surface area contributed by atoms with E-state index < -0.39 is 0 Å². The van der Waals surface area contributed by atoms with Crippen molar-refractivity contribution in [1.29, 1.82) is 0 Å². The maximum absolute atomic E-state index is 5.41. The van der Waals surface area contributed by atoms with Gasteiger partial charge in [0.1, 0.15) is 5.75 Å². The Kier molecular flexibility index (Phi) is 6.74. The zero-order valence-electron chi connectivity index (χ0n) is 12.7. The number of methoxy groups -OCH3 is 1. The zero-order valence-corrected chi connectivity index (χ0v) is 13.5. The third kappa shape index (κ3) is 4.42. The van der Waals surface area contributed by atoms with Crippen molar-refractivity contribution < 1.29 is 4.74 Å². The summed E-state index contributed by atoms with van der Waals surface area (Å²) in [4.78, 5) is 1.27. The van der Waals surface area contributed by atoms with Gasteiger partial charge in [-0.3, -0.25) is 0 Å². The summed E-state index contributed by atoms with van der Waals surface area (Å²) in [7, 11) is 1.75. The lowest BCUT2D eigenvalue weighted by Crippen LogP contribution is -2.33. The second-order valence-corrected chi connectivity index (χ2v) is 6.68. The van der Waals surface area contributed by atoms with E-state index in [0.717, 1.165) is 17.7 Å². The van der Waals surface area contributed by atoms with Crippen LogP contribution in [0, 0.1) is 5.92 Å². The fourth-order valence-corrected chi connectivity index (χ4v) is 4.15. The van der Waals surface area contributed by atoms with Gasteiger partial charge in [0.15, 0.2) is 0 Å². The van der Waals surface area contributed by atoms with Crippen LogP contribution < -0.4 is 10.1 Å². The molecular formula is C17H27NOS. The summed E-state index contributed by atoms with van der Waals surface area (Å²) in [5, 5.41) is 3.72. The molecule has 1 aliphatic carbocycles. The maximum atomic E-state index is 5.41. The normalized spacial score (nSPS) is 22.1. The third-order valence-electron chi connectivity index (χ3n) is 4.13. The van der Waals surface area contributed by atoms with Crippen LogP contribution in [0.15, 0.2) is 29.2 Å². The van der Waals surface area contributed by atoms with Crippen LogP contribution in [0.25, 0.3) is 0 Å². The molecule has 20 heavy (non-hydrogen) atoms. The standard InChI is InChI=1S/C17H27NOS/c1-3-12-18-15-8-6-7-14(15)11-13-20-17-10-5-4-9-16(17)19-2/h4-5,9-10,14-15,18H,3,6-8,11-13H2,1-2H3. The molecule has 1 aliphatic rings. The highest BCUT2D eigenvalue weighted by molar-refractivity contribution is 7.99. The van der Waals surface area contributed by atoms with Gasteiger partial charge in [-0.25, -0.2) is 0 Å². The summed E-state index contributed by atoms with van der Waals surface area (Å²) in [5.41, 5.74) is 0. The molecule has 0 amide bonds. The van der Waals surface area contributed by atoms with Gasteiger partial charge in [-0.1, -0.05) is 25.5 Å². The van der Waals surface area contributed by atoms with Gasteiger partial charge in [0.05, 0.1) is 7.11 Å². The number of para-hydroxylation sites is 1. The molecule has 0 saturated heterocycles. The van der Waals surface area contributed by atoms with Crippen LogP contribution in [0.1, 0.15) is 39.0 Å². The lowest BCUT2D eigenvalue weighted by Gasteiger charge is -2.20. The van der Waals surface area contributed by atoms with Crippen molar-refractivity contribution in [2.75, 3.05) is 19.4 Å². The number of ether oxygens (including phenoxy) is 1. The van der Waals surface area contributed by atoms with E-state index in [9.17, 15) is 0 Å². The van der Waals surface area contributed by atoms with E-state index in [1.165, 1.54) is 49.3 Å². The minimum absolute atomic E-state index is 0.758. The van der Waals surface area contributed by atoms with Crippen molar-refractivity contribution >= 4 is 11.8 Å². The van der Waals surface area contributed by atoms with E-state index in [1.54, 1.807) is 7.11 Å². The van der Waals surface area contributed by atoms with Crippen molar-refractivity contribution in [1.82, 2.24) is 5.32 Å². The molecule has 1 aromatic rings. The van der Waals surface area contributed by atoms with Crippen LogP contribution >= 0.6 is 11.8 Å². The number of thioether (sulfide) groups is 1. The fraction of sp³-hybridized carbons (Fsp3) is 0.647. The molecule has 112 valence electrons. The highest BCUT2D eigenvalue weighted by Crippen LogP contribution is 2.33. The van der Waals surface area contributed by atoms with Crippen LogP contribution in [0.2, 0.25) is 0 Å². The molecule has 0 heterocycles. The van der Waals surface area contributed by atoms with Crippen LogP contribution in [0.5, 0.6) is 5.75 Å². The van der Waals surface area contributed by atoms with E-state index in [-0.39, 0.29) is 0 Å². The monoisotopic (exact) mass is 293 g/mol. The molecular weight excluding hydrogens is 266 g/mol. The van der Waals surface area contributed by atoms with E-state index >= 15 is 0 Å². The molecule has 0 bridgehead atoms. The van der Waals surface area contributed by atoms with Gasteiger partial charge >= 0.3 is 0 Å². The molecule has 3 heteroatoms. The molecule has 0 aliphatic heterocycles. The number of nitrogens with one attached hydrogen (secondary N) is 1. The first-order valence-corrected chi connectivity index (χ1v) is 8.83. The number of rotatable bonds is 8. The van der Waals surface area contributed by atoms with Crippen molar-refractivity contribution in [2.24, 2.45) is 5.92 Å². The second kappa shape index (κ2) is 8.58. The molecule has 0 aromatic heterocycles. The first kappa shape index (κ1) is 15.7. The molecule has 2 rings (SSSR count). The Morgan fingerprint density at radius 3 is 2.95 bits per heavy atom. The van der Waals surface area contributed by atoms with Gasteiger partial charge < -0.3 is 10.1 Å². The lowest BCUT2D eigenvalue weighted by atomic mass is 10.0. The summed E-state index contributed by atoms with van der Waals surface area (Å²) >= 11 is 1.93. The van der Waals surface area contributed by atoms with Gasteiger partial charge in [-0.15, -0.1) is 11.8 Å². The Bertz CT molecular complexity index is 396. The first-order chi connectivity index (χ1) is 9.85. The smallest absolute Gasteiger partial charge is 0.132 e. The Balaban J connectivity index is 1.77. The molecule has 1 saturated carbocycles.